The van der Waals surface area contributed by atoms with Crippen LogP contribution >= 0.6 is 0 Å². The molecular formula is C16H26N4O. The first-order valence-electron chi connectivity index (χ1n) is 8.20. The van der Waals surface area contributed by atoms with E-state index in [4.69, 9.17) is 0 Å². The number of nitrogens with zero attached hydrogens (tertiary/aromatic N) is 4. The second-order valence-corrected chi connectivity index (χ2v) is 6.42. The van der Waals surface area contributed by atoms with Crippen LogP contribution in [0.2, 0.25) is 0 Å². The van der Waals surface area contributed by atoms with E-state index in [1.807, 2.05) is 35.9 Å². The normalized spacial score (nSPS) is 23.5. The minimum atomic E-state index is 0.183. The number of aromatic nitrogens is 2. The molecule has 5 nitrogen and oxygen atoms in total. The molecule has 1 saturated carbocycles. The summed E-state index contributed by atoms with van der Waals surface area (Å²) in [5.41, 5.74) is 1.16. The molecule has 0 radical (unpaired) electrons. The van der Waals surface area contributed by atoms with Gasteiger partial charge < -0.3 is 9.80 Å². The van der Waals surface area contributed by atoms with E-state index >= 15 is 0 Å². The SMILES string of the molecule is CN(C(=O)N1CCCC[C@@H]1c1ccnn1C)C1CCCC1. The molecule has 5 heteroatoms. The molecule has 1 aromatic rings. The molecule has 2 amide bonds. The highest BCUT2D eigenvalue weighted by atomic mass is 16.2. The lowest BCUT2D eigenvalue weighted by Crippen LogP contribution is -2.48. The molecule has 1 aliphatic heterocycles. The largest absolute Gasteiger partial charge is 0.325 e. The molecule has 2 heterocycles. The van der Waals surface area contributed by atoms with Crippen LogP contribution in [0.1, 0.15) is 56.7 Å². The molecule has 3 rings (SSSR count). The Morgan fingerprint density at radius 1 is 1.24 bits per heavy atom. The van der Waals surface area contributed by atoms with E-state index in [0.717, 1.165) is 37.9 Å². The van der Waals surface area contributed by atoms with Crippen molar-refractivity contribution in [3.8, 4) is 0 Å². The number of hydrogen-bond acceptors (Lipinski definition) is 2. The van der Waals surface area contributed by atoms with E-state index in [1.165, 1.54) is 19.3 Å². The summed E-state index contributed by atoms with van der Waals surface area (Å²) in [4.78, 5) is 17.0. The first-order valence-corrected chi connectivity index (χ1v) is 8.20. The third kappa shape index (κ3) is 2.78. The quantitative estimate of drug-likeness (QED) is 0.840. The zero-order chi connectivity index (χ0) is 14.8. The summed E-state index contributed by atoms with van der Waals surface area (Å²) in [6.07, 6.45) is 10.0. The molecular weight excluding hydrogens is 264 g/mol. The predicted octanol–water partition coefficient (Wildman–Crippen LogP) is 2.94. The van der Waals surface area contributed by atoms with Gasteiger partial charge in [0.2, 0.25) is 0 Å². The second kappa shape index (κ2) is 6.08. The Morgan fingerprint density at radius 2 is 1.95 bits per heavy atom. The van der Waals surface area contributed by atoms with Crippen molar-refractivity contribution >= 4 is 6.03 Å². The molecule has 1 aromatic heterocycles. The minimum absolute atomic E-state index is 0.183. The van der Waals surface area contributed by atoms with E-state index in [0.29, 0.717) is 6.04 Å². The molecule has 0 aromatic carbocycles. The fourth-order valence-electron chi connectivity index (χ4n) is 3.83. The summed E-state index contributed by atoms with van der Waals surface area (Å²) in [7, 11) is 3.94. The Hall–Kier alpha value is -1.52. The van der Waals surface area contributed by atoms with Crippen LogP contribution in [-0.4, -0.2) is 45.2 Å². The van der Waals surface area contributed by atoms with Gasteiger partial charge in [-0.15, -0.1) is 0 Å². The van der Waals surface area contributed by atoms with Crippen molar-refractivity contribution < 1.29 is 4.79 Å². The highest BCUT2D eigenvalue weighted by Crippen LogP contribution is 2.32. The molecule has 2 fully saturated rings. The van der Waals surface area contributed by atoms with Crippen LogP contribution in [0.15, 0.2) is 12.3 Å². The van der Waals surface area contributed by atoms with Crippen molar-refractivity contribution in [2.24, 2.45) is 7.05 Å². The first kappa shape index (κ1) is 14.4. The summed E-state index contributed by atoms with van der Waals surface area (Å²) in [6, 6.07) is 2.87. The highest BCUT2D eigenvalue weighted by Gasteiger charge is 2.34. The Kier molecular flexibility index (Phi) is 4.17. The van der Waals surface area contributed by atoms with Crippen molar-refractivity contribution in [2.45, 2.75) is 57.0 Å². The lowest BCUT2D eigenvalue weighted by atomic mass is 9.99. The summed E-state index contributed by atoms with van der Waals surface area (Å²) in [5, 5.41) is 4.27. The lowest BCUT2D eigenvalue weighted by molar-refractivity contribution is 0.108. The van der Waals surface area contributed by atoms with E-state index in [1.54, 1.807) is 0 Å². The van der Waals surface area contributed by atoms with Crippen LogP contribution in [0, 0.1) is 0 Å². The maximum Gasteiger partial charge on any atom is 0.320 e. The molecule has 0 unspecified atom stereocenters. The third-order valence-electron chi connectivity index (χ3n) is 5.12. The Bertz CT molecular complexity index is 492. The summed E-state index contributed by atoms with van der Waals surface area (Å²) < 4.78 is 1.91. The molecule has 1 atom stereocenters. The average Bonchev–Trinajstić information content (AvgIpc) is 3.17. The van der Waals surface area contributed by atoms with Gasteiger partial charge in [0.1, 0.15) is 0 Å². The standard InChI is InChI=1S/C16H26N4O/c1-18(13-7-3-4-8-13)16(21)20-12-6-5-9-15(20)14-10-11-17-19(14)2/h10-11,13,15H,3-9,12H2,1-2H3/t15-/m1/s1. The summed E-state index contributed by atoms with van der Waals surface area (Å²) in [5.74, 6) is 0. The number of hydrogen-bond donors (Lipinski definition) is 0. The maximum absolute atomic E-state index is 12.9. The van der Waals surface area contributed by atoms with Gasteiger partial charge in [-0.1, -0.05) is 12.8 Å². The Morgan fingerprint density at radius 3 is 2.62 bits per heavy atom. The zero-order valence-electron chi connectivity index (χ0n) is 13.2. The van der Waals surface area contributed by atoms with Crippen molar-refractivity contribution in [3.05, 3.63) is 18.0 Å². The molecule has 116 valence electrons. The molecule has 1 saturated heterocycles. The van der Waals surface area contributed by atoms with Crippen LogP contribution in [0.3, 0.4) is 0 Å². The van der Waals surface area contributed by atoms with Gasteiger partial charge in [0.25, 0.3) is 0 Å². The molecule has 0 N–H and O–H groups in total. The summed E-state index contributed by atoms with van der Waals surface area (Å²) >= 11 is 0. The van der Waals surface area contributed by atoms with E-state index in [2.05, 4.69) is 10.00 Å². The summed E-state index contributed by atoms with van der Waals surface area (Å²) in [6.45, 7) is 0.867. The van der Waals surface area contributed by atoms with E-state index in [-0.39, 0.29) is 12.1 Å². The molecule has 0 bridgehead atoms. The molecule has 2 aliphatic rings. The monoisotopic (exact) mass is 290 g/mol. The van der Waals surface area contributed by atoms with Crippen molar-refractivity contribution in [1.29, 1.82) is 0 Å². The molecule has 0 spiro atoms. The average molecular weight is 290 g/mol. The number of urea groups is 1. The minimum Gasteiger partial charge on any atom is -0.325 e. The van der Waals surface area contributed by atoms with Crippen molar-refractivity contribution in [1.82, 2.24) is 19.6 Å². The Labute approximate surface area is 126 Å². The van der Waals surface area contributed by atoms with Crippen molar-refractivity contribution in [2.75, 3.05) is 13.6 Å². The van der Waals surface area contributed by atoms with Crippen molar-refractivity contribution in [3.63, 3.8) is 0 Å². The van der Waals surface area contributed by atoms with Crippen LogP contribution < -0.4 is 0 Å². The fourth-order valence-corrected chi connectivity index (χ4v) is 3.83. The Balaban J connectivity index is 1.77. The number of piperidine rings is 1. The number of likely N-dealkylation sites (tertiary alicyclic amines) is 1. The topological polar surface area (TPSA) is 41.4 Å². The number of carbonyl (C=O) groups is 1. The van der Waals surface area contributed by atoms with Gasteiger partial charge in [0.15, 0.2) is 0 Å². The molecule has 21 heavy (non-hydrogen) atoms. The number of aryl methyl sites for hydroxylation is 1. The first-order chi connectivity index (χ1) is 10.2. The number of carbonyl (C=O) groups excluding carboxylic acids is 1. The number of amides is 2. The van der Waals surface area contributed by atoms with E-state index in [9.17, 15) is 4.79 Å². The smallest absolute Gasteiger partial charge is 0.320 e. The zero-order valence-corrected chi connectivity index (χ0v) is 13.2. The van der Waals surface area contributed by atoms with E-state index < -0.39 is 0 Å². The van der Waals surface area contributed by atoms with Gasteiger partial charge in [-0.3, -0.25) is 4.68 Å². The van der Waals surface area contributed by atoms with Crippen LogP contribution in [0.5, 0.6) is 0 Å². The highest BCUT2D eigenvalue weighted by molar-refractivity contribution is 5.75. The predicted molar refractivity (Wildman–Crippen MR) is 81.9 cm³/mol. The number of rotatable bonds is 2. The molecule has 1 aliphatic carbocycles. The van der Waals surface area contributed by atoms with Crippen LogP contribution in [0.4, 0.5) is 4.79 Å². The second-order valence-electron chi connectivity index (χ2n) is 6.42. The fraction of sp³-hybridized carbons (Fsp3) is 0.750. The third-order valence-corrected chi connectivity index (χ3v) is 5.12. The lowest BCUT2D eigenvalue weighted by Gasteiger charge is -2.39. The van der Waals surface area contributed by atoms with Gasteiger partial charge in [-0.05, 0) is 38.2 Å². The van der Waals surface area contributed by atoms with Gasteiger partial charge >= 0.3 is 6.03 Å². The van der Waals surface area contributed by atoms with Gasteiger partial charge in [-0.2, -0.15) is 5.10 Å². The van der Waals surface area contributed by atoms with Gasteiger partial charge in [0.05, 0.1) is 11.7 Å². The van der Waals surface area contributed by atoms with Gasteiger partial charge in [-0.25, -0.2) is 4.79 Å². The maximum atomic E-state index is 12.9. The van der Waals surface area contributed by atoms with Gasteiger partial charge in [0, 0.05) is 32.9 Å². The van der Waals surface area contributed by atoms with Crippen LogP contribution in [0.25, 0.3) is 0 Å². The van der Waals surface area contributed by atoms with Crippen LogP contribution in [-0.2, 0) is 7.05 Å².